The van der Waals surface area contributed by atoms with E-state index in [1.165, 1.54) is 6.92 Å². The molecule has 642 valence electrons. The van der Waals surface area contributed by atoms with Gasteiger partial charge >= 0.3 is 0 Å². The van der Waals surface area contributed by atoms with Gasteiger partial charge in [0.15, 0.2) is 56.6 Å². The van der Waals surface area contributed by atoms with E-state index in [2.05, 4.69) is 21.3 Å². The van der Waals surface area contributed by atoms with Crippen LogP contribution in [0.4, 0.5) is 0 Å². The summed E-state index contributed by atoms with van der Waals surface area (Å²) >= 11 is 0. The third kappa shape index (κ3) is 20.3. The molecule has 4 amide bonds. The second-order valence-electron chi connectivity index (χ2n) is 28.2. The molecule has 28 N–H and O–H groups in total. The van der Waals surface area contributed by atoms with Crippen molar-refractivity contribution in [3.8, 4) is 0 Å². The van der Waals surface area contributed by atoms with Crippen LogP contribution in [0.25, 0.3) is 0 Å². The lowest BCUT2D eigenvalue weighted by molar-refractivity contribution is -0.396. The number of hydrogen-bond donors (Lipinski definition) is 28. The van der Waals surface area contributed by atoms with E-state index in [0.29, 0.717) is 0 Å². The number of nitrogens with one attached hydrogen (secondary N) is 4. The molecule has 9 aliphatic heterocycles. The summed E-state index contributed by atoms with van der Waals surface area (Å²) in [7, 11) is 0. The quantitative estimate of drug-likeness (QED) is 0.0346. The van der Waals surface area contributed by atoms with Crippen molar-refractivity contribution >= 4 is 23.6 Å². The fourth-order valence-corrected chi connectivity index (χ4v) is 14.3. The van der Waals surface area contributed by atoms with Crippen molar-refractivity contribution in [2.75, 3.05) is 52.9 Å². The number of amides is 4. The highest BCUT2D eigenvalue weighted by Crippen LogP contribution is 2.40. The van der Waals surface area contributed by atoms with Gasteiger partial charge in [0.25, 0.3) is 0 Å². The molecule has 0 radical (unpaired) electrons. The third-order valence-corrected chi connectivity index (χ3v) is 20.3. The standard InChI is InChI=1S/C62H104N4O45/c1-14-31(77)41(87)45(91)58(97-14)95-13-26-50(38(84)27(54(94)98-26)63-15(2)73)106-56-29(65-17(4)75)39(85)49(24(11-72)103-56)108-60-47(93)51(109-62-53(44(90)35(81)22(9-70)102-62)111-55-28(64-16(3)74)37(83)32(78)19(6-67)99-55)36(82)25(105-60)12-96-61-52(43(89)34(80)21(8-69)101-61)110-57-30(66-18(5)76)40(86)48(23(10-71)104-57)107-59-46(92)42(88)33(79)20(7-68)100-59/h14,19-62,67-72,77-94H,6-13H2,1-5H3,(H,63,73)(H,64,74)(H,65,75)(H,66,76)/t14-,19-,20-,21-,22-,23-,24-,25-,26-,27-,28+,29-,30-,31+,32-,33+,34-,35-,36-,37-,38-,39-,40-,41+,42+,43+,44+,45-,46-,47+,48-,49-,50-,51+,52-,53-,54-,55+,56+,57+,58+,59+,60+,61+,62-/m1/s1. The van der Waals surface area contributed by atoms with Gasteiger partial charge in [-0.05, 0) is 6.92 Å². The highest BCUT2D eigenvalue weighted by atomic mass is 16.8. The summed E-state index contributed by atoms with van der Waals surface area (Å²) in [6.07, 6.45) is -83.2. The minimum atomic E-state index is -2.55. The van der Waals surface area contributed by atoms with Crippen LogP contribution in [-0.2, 0) is 99.7 Å². The zero-order valence-electron chi connectivity index (χ0n) is 59.9. The topological polar surface area (TPSA) is 759 Å². The molecule has 0 spiro atoms. The van der Waals surface area contributed by atoms with Crippen LogP contribution in [0.5, 0.6) is 0 Å². The van der Waals surface area contributed by atoms with E-state index in [-0.39, 0.29) is 0 Å². The van der Waals surface area contributed by atoms with Gasteiger partial charge in [-0.25, -0.2) is 0 Å². The predicted octanol–water partition coefficient (Wildman–Crippen LogP) is -19.0. The zero-order chi connectivity index (χ0) is 81.8. The molecule has 9 saturated heterocycles. The second kappa shape index (κ2) is 39.7. The highest BCUT2D eigenvalue weighted by molar-refractivity contribution is 5.74. The Bertz CT molecular complexity index is 2950. The Morgan fingerprint density at radius 1 is 0.252 bits per heavy atom. The summed E-state index contributed by atoms with van der Waals surface area (Å²) in [6.45, 7) is -3.36. The second-order valence-corrected chi connectivity index (χ2v) is 28.2. The molecular formula is C62H104N4O45. The first-order valence-corrected chi connectivity index (χ1v) is 35.5. The molecule has 9 rings (SSSR count). The van der Waals surface area contributed by atoms with E-state index < -0.39 is 353 Å². The summed E-state index contributed by atoms with van der Waals surface area (Å²) in [5, 5.41) is 276. The van der Waals surface area contributed by atoms with Crippen LogP contribution in [0, 0.1) is 0 Å². The molecule has 0 aromatic carbocycles. The van der Waals surface area contributed by atoms with Crippen LogP contribution in [0.2, 0.25) is 0 Å². The van der Waals surface area contributed by atoms with Crippen molar-refractivity contribution < 1.29 is 222 Å². The molecule has 111 heavy (non-hydrogen) atoms. The molecule has 9 fully saturated rings. The Labute approximate surface area is 629 Å². The van der Waals surface area contributed by atoms with Crippen molar-refractivity contribution in [3.63, 3.8) is 0 Å². The number of carbonyl (C=O) groups excluding carboxylic acids is 4. The molecule has 9 heterocycles. The van der Waals surface area contributed by atoms with Gasteiger partial charge in [-0.2, -0.15) is 0 Å². The molecule has 49 heteroatoms. The third-order valence-electron chi connectivity index (χ3n) is 20.3. The lowest BCUT2D eigenvalue weighted by Crippen LogP contribution is -2.71. The minimum Gasteiger partial charge on any atom is -0.394 e. The van der Waals surface area contributed by atoms with Crippen LogP contribution in [-0.4, -0.2) is 475 Å². The lowest BCUT2D eigenvalue weighted by Gasteiger charge is -2.51. The summed E-state index contributed by atoms with van der Waals surface area (Å²) in [5.41, 5.74) is 0. The Morgan fingerprint density at radius 3 is 1.03 bits per heavy atom. The Balaban J connectivity index is 1.05. The largest absolute Gasteiger partial charge is 0.394 e. The van der Waals surface area contributed by atoms with Crippen molar-refractivity contribution in [2.24, 2.45) is 0 Å². The SMILES string of the molecule is CC(=O)N[C@@H]1[C@H](O[C@H]2[C@@H](O[C@@H]3[C@H](O)[C@H](O[C@H]4[C@H](O)[C@@H](NC(C)=O)[C@H](O[C@H]5[C@H](O)[C@@H](NC(C)=O)[C@H](O)O[C@@H]5CO[C@H]5O[C@H](C)[C@H](O)[C@H](O)[C@H]5O)O[C@@H]4CO)O[C@H](CO[C@H]4O[C@H](CO)[C@@H](O)[C@H](O)[C@H]4O[C@@H]4O[C@H](CO)[C@@H](O[C@@H]5O[C@H](CO)[C@H](O)[C@H](O)[C@H]5O)[C@H](O)[C@H]4NC(C)=O)[C@H]3O)O[C@H](CO)[C@@H](O)[C@@H]2O)O[C@H](CO)[C@@H](O)[C@@H]1O. The molecule has 0 aromatic rings. The van der Waals surface area contributed by atoms with E-state index in [0.717, 1.165) is 27.7 Å². The maximum absolute atomic E-state index is 13.2. The fourth-order valence-electron chi connectivity index (χ4n) is 14.3. The van der Waals surface area contributed by atoms with Gasteiger partial charge in [0.05, 0.1) is 59.0 Å². The van der Waals surface area contributed by atoms with Gasteiger partial charge in [-0.3, -0.25) is 19.2 Å². The first kappa shape index (κ1) is 91.1. The average molecular weight is 1630 g/mol. The molecule has 49 nitrogen and oxygen atoms in total. The Hall–Kier alpha value is -3.76. The fraction of sp³-hybridized carbons (Fsp3) is 0.935. The average Bonchev–Trinajstić information content (AvgIpc) is 0.768. The number of aliphatic hydroxyl groups is 24. The smallest absolute Gasteiger partial charge is 0.217 e. The highest BCUT2D eigenvalue weighted by Gasteiger charge is 2.61. The molecule has 0 unspecified atom stereocenters. The summed E-state index contributed by atoms with van der Waals surface area (Å²) in [4.78, 5) is 50.9. The lowest BCUT2D eigenvalue weighted by atomic mass is 9.93. The molecule has 45 atom stereocenters. The maximum atomic E-state index is 13.2. The van der Waals surface area contributed by atoms with Crippen LogP contribution < -0.4 is 21.3 Å². The van der Waals surface area contributed by atoms with Crippen molar-refractivity contribution in [1.82, 2.24) is 21.3 Å². The van der Waals surface area contributed by atoms with Crippen LogP contribution in [0.15, 0.2) is 0 Å². The van der Waals surface area contributed by atoms with Crippen molar-refractivity contribution in [3.05, 3.63) is 0 Å². The first-order chi connectivity index (χ1) is 52.4. The van der Waals surface area contributed by atoms with Crippen LogP contribution in [0.1, 0.15) is 34.6 Å². The van der Waals surface area contributed by atoms with E-state index in [4.69, 9.17) is 80.5 Å². The molecule has 0 saturated carbocycles. The van der Waals surface area contributed by atoms with Crippen LogP contribution in [0.3, 0.4) is 0 Å². The number of ether oxygens (including phenoxy) is 17. The summed E-state index contributed by atoms with van der Waals surface area (Å²) < 4.78 is 101. The number of aliphatic hydroxyl groups excluding tert-OH is 24. The monoisotopic (exact) mass is 1620 g/mol. The van der Waals surface area contributed by atoms with E-state index >= 15 is 0 Å². The van der Waals surface area contributed by atoms with Gasteiger partial charge in [0, 0.05) is 27.7 Å². The van der Waals surface area contributed by atoms with Gasteiger partial charge in [0.2, 0.25) is 23.6 Å². The summed E-state index contributed by atoms with van der Waals surface area (Å²) in [5.74, 6) is -3.59. The van der Waals surface area contributed by atoms with Gasteiger partial charge in [0.1, 0.15) is 213 Å². The summed E-state index contributed by atoms with van der Waals surface area (Å²) in [6, 6.07) is -7.39. The van der Waals surface area contributed by atoms with Crippen molar-refractivity contribution in [2.45, 2.75) is 311 Å². The van der Waals surface area contributed by atoms with E-state index in [1.807, 2.05) is 0 Å². The molecular weight excluding hydrogens is 1520 g/mol. The maximum Gasteiger partial charge on any atom is 0.217 e. The van der Waals surface area contributed by atoms with Crippen molar-refractivity contribution in [1.29, 1.82) is 0 Å². The van der Waals surface area contributed by atoms with Gasteiger partial charge < -0.3 is 224 Å². The Morgan fingerprint density at radius 2 is 0.559 bits per heavy atom. The predicted molar refractivity (Wildman–Crippen MR) is 342 cm³/mol. The van der Waals surface area contributed by atoms with Gasteiger partial charge in [-0.15, -0.1) is 0 Å². The number of rotatable bonds is 28. The van der Waals surface area contributed by atoms with Crippen LogP contribution >= 0.6 is 0 Å². The first-order valence-electron chi connectivity index (χ1n) is 35.5. The minimum absolute atomic E-state index is 0.827. The molecule has 9 aliphatic rings. The molecule has 0 bridgehead atoms. The Kier molecular flexibility index (Phi) is 32.6. The van der Waals surface area contributed by atoms with E-state index in [9.17, 15) is 142 Å². The molecule has 0 aromatic heterocycles. The number of carbonyl (C=O) groups is 4. The van der Waals surface area contributed by atoms with Gasteiger partial charge in [-0.1, -0.05) is 0 Å². The molecule has 0 aliphatic carbocycles. The number of hydrogen-bond acceptors (Lipinski definition) is 45. The van der Waals surface area contributed by atoms with E-state index in [1.54, 1.807) is 0 Å². The zero-order valence-corrected chi connectivity index (χ0v) is 59.9. The normalized spacial score (nSPS) is 49.3.